The van der Waals surface area contributed by atoms with Gasteiger partial charge in [-0.15, -0.1) is 0 Å². The molecule has 0 bridgehead atoms. The van der Waals surface area contributed by atoms with E-state index in [4.69, 9.17) is 0 Å². The first-order valence-corrected chi connectivity index (χ1v) is 7.37. The smallest absolute Gasteiger partial charge is 0.121 e. The third kappa shape index (κ3) is 4.00. The summed E-state index contributed by atoms with van der Waals surface area (Å²) in [5.41, 5.74) is 0.941. The standard InChI is InChI=1S/C12H18BrNOS/c1-8(16-3)7-14-9(2)11-5-4-10(13)6-12(11)15/h4-6,8-9,14-15H,7H2,1-3H3. The van der Waals surface area contributed by atoms with E-state index in [2.05, 4.69) is 41.3 Å². The van der Waals surface area contributed by atoms with Crippen LogP contribution in [0.15, 0.2) is 22.7 Å². The highest BCUT2D eigenvalue weighted by atomic mass is 79.9. The molecule has 0 heterocycles. The molecule has 0 fully saturated rings. The highest BCUT2D eigenvalue weighted by Gasteiger charge is 2.11. The number of halogens is 1. The number of thioether (sulfide) groups is 1. The quantitative estimate of drug-likeness (QED) is 0.872. The Morgan fingerprint density at radius 3 is 2.69 bits per heavy atom. The number of rotatable bonds is 5. The molecule has 0 aliphatic rings. The van der Waals surface area contributed by atoms with Gasteiger partial charge in [0, 0.05) is 27.9 Å². The number of phenolic OH excluding ortho intramolecular Hbond substituents is 1. The van der Waals surface area contributed by atoms with Gasteiger partial charge in [0.1, 0.15) is 5.75 Å². The van der Waals surface area contributed by atoms with Crippen LogP contribution in [-0.4, -0.2) is 23.2 Å². The molecule has 0 spiro atoms. The Balaban J connectivity index is 2.62. The Hall–Kier alpha value is -0.190. The Bertz CT molecular complexity index is 346. The molecule has 0 radical (unpaired) electrons. The van der Waals surface area contributed by atoms with Gasteiger partial charge < -0.3 is 10.4 Å². The number of hydrogen-bond acceptors (Lipinski definition) is 3. The zero-order valence-corrected chi connectivity index (χ0v) is 12.2. The van der Waals surface area contributed by atoms with Gasteiger partial charge in [-0.25, -0.2) is 0 Å². The van der Waals surface area contributed by atoms with E-state index in [1.165, 1.54) is 0 Å². The van der Waals surface area contributed by atoms with Crippen LogP contribution in [0.2, 0.25) is 0 Å². The first kappa shape index (κ1) is 13.9. The van der Waals surface area contributed by atoms with E-state index in [-0.39, 0.29) is 6.04 Å². The monoisotopic (exact) mass is 303 g/mol. The average molecular weight is 304 g/mol. The minimum Gasteiger partial charge on any atom is -0.508 e. The summed E-state index contributed by atoms with van der Waals surface area (Å²) in [5, 5.41) is 13.8. The van der Waals surface area contributed by atoms with Crippen LogP contribution in [0.3, 0.4) is 0 Å². The van der Waals surface area contributed by atoms with E-state index in [0.29, 0.717) is 11.0 Å². The van der Waals surface area contributed by atoms with Gasteiger partial charge in [0.15, 0.2) is 0 Å². The Labute approximate surface area is 110 Å². The molecular weight excluding hydrogens is 286 g/mol. The van der Waals surface area contributed by atoms with Crippen molar-refractivity contribution in [3.63, 3.8) is 0 Å². The second kappa shape index (κ2) is 6.52. The third-order valence-corrected chi connectivity index (χ3v) is 4.04. The lowest BCUT2D eigenvalue weighted by atomic mass is 10.1. The molecule has 90 valence electrons. The van der Waals surface area contributed by atoms with Crippen LogP contribution in [0.5, 0.6) is 5.75 Å². The lowest BCUT2D eigenvalue weighted by Gasteiger charge is -2.18. The maximum Gasteiger partial charge on any atom is 0.121 e. The van der Waals surface area contributed by atoms with Crippen molar-refractivity contribution >= 4 is 27.7 Å². The molecule has 1 aromatic carbocycles. The lowest BCUT2D eigenvalue weighted by Crippen LogP contribution is -2.25. The van der Waals surface area contributed by atoms with Crippen molar-refractivity contribution in [1.82, 2.24) is 5.32 Å². The molecular formula is C12H18BrNOS. The van der Waals surface area contributed by atoms with Gasteiger partial charge in [0.2, 0.25) is 0 Å². The number of hydrogen-bond donors (Lipinski definition) is 2. The molecule has 4 heteroatoms. The predicted octanol–water partition coefficient (Wildman–Crippen LogP) is 3.56. The fourth-order valence-corrected chi connectivity index (χ4v) is 2.03. The van der Waals surface area contributed by atoms with Crippen LogP contribution >= 0.6 is 27.7 Å². The molecule has 2 unspecified atom stereocenters. The Morgan fingerprint density at radius 2 is 2.12 bits per heavy atom. The van der Waals surface area contributed by atoms with E-state index >= 15 is 0 Å². The number of benzene rings is 1. The van der Waals surface area contributed by atoms with Gasteiger partial charge in [-0.3, -0.25) is 0 Å². The fraction of sp³-hybridized carbons (Fsp3) is 0.500. The van der Waals surface area contributed by atoms with E-state index in [9.17, 15) is 5.11 Å². The molecule has 0 saturated heterocycles. The van der Waals surface area contributed by atoms with E-state index in [1.54, 1.807) is 6.07 Å². The first-order chi connectivity index (χ1) is 7.54. The molecule has 2 N–H and O–H groups in total. The topological polar surface area (TPSA) is 32.3 Å². The zero-order valence-electron chi connectivity index (χ0n) is 9.83. The third-order valence-electron chi connectivity index (χ3n) is 2.57. The second-order valence-electron chi connectivity index (χ2n) is 3.88. The first-order valence-electron chi connectivity index (χ1n) is 5.29. The van der Waals surface area contributed by atoms with Crippen LogP contribution in [0.1, 0.15) is 25.5 Å². The van der Waals surface area contributed by atoms with Crippen LogP contribution in [0.25, 0.3) is 0 Å². The minimum absolute atomic E-state index is 0.169. The second-order valence-corrected chi connectivity index (χ2v) is 6.07. The lowest BCUT2D eigenvalue weighted by molar-refractivity contribution is 0.453. The largest absolute Gasteiger partial charge is 0.508 e. The van der Waals surface area contributed by atoms with Gasteiger partial charge in [-0.1, -0.05) is 28.9 Å². The molecule has 0 amide bonds. The van der Waals surface area contributed by atoms with Crippen molar-refractivity contribution in [2.45, 2.75) is 25.1 Å². The maximum absolute atomic E-state index is 9.81. The van der Waals surface area contributed by atoms with Crippen molar-refractivity contribution in [2.75, 3.05) is 12.8 Å². The predicted molar refractivity (Wildman–Crippen MR) is 75.2 cm³/mol. The van der Waals surface area contributed by atoms with Crippen LogP contribution in [-0.2, 0) is 0 Å². The summed E-state index contributed by atoms with van der Waals surface area (Å²) in [7, 11) is 0. The zero-order chi connectivity index (χ0) is 12.1. The summed E-state index contributed by atoms with van der Waals surface area (Å²) in [4.78, 5) is 0. The number of nitrogens with one attached hydrogen (secondary N) is 1. The van der Waals surface area contributed by atoms with Crippen LogP contribution in [0, 0.1) is 0 Å². The molecule has 0 saturated carbocycles. The highest BCUT2D eigenvalue weighted by Crippen LogP contribution is 2.27. The molecule has 2 nitrogen and oxygen atoms in total. The average Bonchev–Trinajstić information content (AvgIpc) is 2.25. The molecule has 0 aliphatic heterocycles. The van der Waals surface area contributed by atoms with Crippen LogP contribution < -0.4 is 5.32 Å². The minimum atomic E-state index is 0.169. The number of aromatic hydroxyl groups is 1. The summed E-state index contributed by atoms with van der Waals surface area (Å²) >= 11 is 5.17. The van der Waals surface area contributed by atoms with Gasteiger partial charge in [-0.05, 0) is 25.3 Å². The van der Waals surface area contributed by atoms with Gasteiger partial charge in [0.25, 0.3) is 0 Å². The van der Waals surface area contributed by atoms with Crippen molar-refractivity contribution in [3.05, 3.63) is 28.2 Å². The Morgan fingerprint density at radius 1 is 1.44 bits per heavy atom. The highest BCUT2D eigenvalue weighted by molar-refractivity contribution is 9.10. The SMILES string of the molecule is CSC(C)CNC(C)c1ccc(Br)cc1O. The maximum atomic E-state index is 9.81. The van der Waals surface area contributed by atoms with Gasteiger partial charge in [0.05, 0.1) is 0 Å². The van der Waals surface area contributed by atoms with E-state index in [0.717, 1.165) is 16.6 Å². The van der Waals surface area contributed by atoms with Crippen molar-refractivity contribution in [2.24, 2.45) is 0 Å². The summed E-state index contributed by atoms with van der Waals surface area (Å²) in [5.74, 6) is 0.339. The van der Waals surface area contributed by atoms with Crippen molar-refractivity contribution < 1.29 is 5.11 Å². The van der Waals surface area contributed by atoms with Gasteiger partial charge in [-0.2, -0.15) is 11.8 Å². The number of phenols is 1. The molecule has 2 atom stereocenters. The normalized spacial score (nSPS) is 14.8. The summed E-state index contributed by atoms with van der Waals surface area (Å²) < 4.78 is 0.901. The van der Waals surface area contributed by atoms with E-state index < -0.39 is 0 Å². The summed E-state index contributed by atoms with van der Waals surface area (Å²) in [6.07, 6.45) is 2.11. The summed E-state index contributed by atoms with van der Waals surface area (Å²) in [6, 6.07) is 5.79. The summed E-state index contributed by atoms with van der Waals surface area (Å²) in [6.45, 7) is 5.19. The molecule has 1 aromatic rings. The molecule has 0 aromatic heterocycles. The van der Waals surface area contributed by atoms with Crippen molar-refractivity contribution in [3.8, 4) is 5.75 Å². The van der Waals surface area contributed by atoms with Gasteiger partial charge >= 0.3 is 0 Å². The Kier molecular flexibility index (Phi) is 5.66. The molecule has 0 aliphatic carbocycles. The van der Waals surface area contributed by atoms with Crippen LogP contribution in [0.4, 0.5) is 0 Å². The van der Waals surface area contributed by atoms with Crippen molar-refractivity contribution in [1.29, 1.82) is 0 Å². The molecule has 1 rings (SSSR count). The van der Waals surface area contributed by atoms with E-state index in [1.807, 2.05) is 23.9 Å². The fourth-order valence-electron chi connectivity index (χ4n) is 1.42. The molecule has 16 heavy (non-hydrogen) atoms.